The van der Waals surface area contributed by atoms with Gasteiger partial charge in [0.15, 0.2) is 11.6 Å². The van der Waals surface area contributed by atoms with Crippen LogP contribution in [0.15, 0.2) is 36.4 Å². The Hall–Kier alpha value is -2.54. The lowest BCUT2D eigenvalue weighted by Crippen LogP contribution is -2.45. The standard InChI is InChI=1S/C20H22F3N3O/c1-13-2-4-15(21)11-19(13)25-20(27)24-16-6-8-26(9-7-16)12-14-3-5-17(22)18(23)10-14/h2-5,10-11,16H,6-9,12H2,1H3,(H2,24,25,27). The van der Waals surface area contributed by atoms with Crippen molar-refractivity contribution in [3.05, 3.63) is 65.0 Å². The summed E-state index contributed by atoms with van der Waals surface area (Å²) in [5.41, 5.74) is 1.95. The van der Waals surface area contributed by atoms with E-state index in [4.69, 9.17) is 0 Å². The van der Waals surface area contributed by atoms with Crippen LogP contribution in [0, 0.1) is 24.4 Å². The molecule has 1 aliphatic heterocycles. The molecule has 2 amide bonds. The number of benzene rings is 2. The van der Waals surface area contributed by atoms with Crippen LogP contribution >= 0.6 is 0 Å². The van der Waals surface area contributed by atoms with Crippen molar-refractivity contribution < 1.29 is 18.0 Å². The van der Waals surface area contributed by atoms with Gasteiger partial charge in [0.2, 0.25) is 0 Å². The number of carbonyl (C=O) groups excluding carboxylic acids is 1. The lowest BCUT2D eigenvalue weighted by Gasteiger charge is -2.32. The average Bonchev–Trinajstić information content (AvgIpc) is 2.63. The quantitative estimate of drug-likeness (QED) is 0.839. The van der Waals surface area contributed by atoms with E-state index in [0.717, 1.165) is 43.1 Å². The topological polar surface area (TPSA) is 44.4 Å². The minimum atomic E-state index is -0.846. The van der Waals surface area contributed by atoms with Crippen molar-refractivity contribution in [3.63, 3.8) is 0 Å². The van der Waals surface area contributed by atoms with Gasteiger partial charge in [0.05, 0.1) is 0 Å². The first-order valence-electron chi connectivity index (χ1n) is 8.90. The van der Waals surface area contributed by atoms with Crippen LogP contribution in [0.1, 0.15) is 24.0 Å². The SMILES string of the molecule is Cc1ccc(F)cc1NC(=O)NC1CCN(Cc2ccc(F)c(F)c2)CC1. The maximum absolute atomic E-state index is 13.3. The Morgan fingerprint density at radius 1 is 1.07 bits per heavy atom. The zero-order chi connectivity index (χ0) is 19.4. The van der Waals surface area contributed by atoms with Crippen molar-refractivity contribution >= 4 is 11.7 Å². The zero-order valence-corrected chi connectivity index (χ0v) is 15.1. The number of piperidine rings is 1. The Labute approximate surface area is 156 Å². The maximum atomic E-state index is 13.3. The molecular weight excluding hydrogens is 355 g/mol. The van der Waals surface area contributed by atoms with Gasteiger partial charge < -0.3 is 10.6 Å². The van der Waals surface area contributed by atoms with Gasteiger partial charge in [-0.25, -0.2) is 18.0 Å². The number of aryl methyl sites for hydroxylation is 1. The van der Waals surface area contributed by atoms with Crippen LogP contribution in [0.2, 0.25) is 0 Å². The third kappa shape index (κ3) is 5.23. The molecule has 0 saturated carbocycles. The van der Waals surface area contributed by atoms with Crippen LogP contribution in [0.3, 0.4) is 0 Å². The second-order valence-corrected chi connectivity index (χ2v) is 6.86. The molecule has 0 radical (unpaired) electrons. The molecule has 0 aromatic heterocycles. The fourth-order valence-electron chi connectivity index (χ4n) is 3.20. The lowest BCUT2D eigenvalue weighted by atomic mass is 10.0. The summed E-state index contributed by atoms with van der Waals surface area (Å²) in [5.74, 6) is -2.09. The maximum Gasteiger partial charge on any atom is 0.319 e. The predicted octanol–water partition coefficient (Wildman–Crippen LogP) is 4.20. The Kier molecular flexibility index (Phi) is 6.01. The van der Waals surface area contributed by atoms with Gasteiger partial charge in [-0.1, -0.05) is 12.1 Å². The Morgan fingerprint density at radius 2 is 1.81 bits per heavy atom. The van der Waals surface area contributed by atoms with E-state index in [0.29, 0.717) is 12.2 Å². The number of anilines is 1. The molecular formula is C20H22F3N3O. The molecule has 0 bridgehead atoms. The minimum absolute atomic E-state index is 0.0140. The monoisotopic (exact) mass is 377 g/mol. The Morgan fingerprint density at radius 3 is 2.52 bits per heavy atom. The average molecular weight is 377 g/mol. The van der Waals surface area contributed by atoms with Crippen molar-refractivity contribution in [1.29, 1.82) is 0 Å². The van der Waals surface area contributed by atoms with Crippen LogP contribution in [-0.4, -0.2) is 30.1 Å². The summed E-state index contributed by atoms with van der Waals surface area (Å²) >= 11 is 0. The molecule has 0 atom stereocenters. The van der Waals surface area contributed by atoms with Crippen molar-refractivity contribution in [3.8, 4) is 0 Å². The van der Waals surface area contributed by atoms with E-state index in [9.17, 15) is 18.0 Å². The first-order valence-corrected chi connectivity index (χ1v) is 8.90. The predicted molar refractivity (Wildman–Crippen MR) is 97.9 cm³/mol. The largest absolute Gasteiger partial charge is 0.335 e. The molecule has 0 spiro atoms. The number of nitrogens with zero attached hydrogens (tertiary/aromatic N) is 1. The van der Waals surface area contributed by atoms with Crippen molar-refractivity contribution in [2.45, 2.75) is 32.4 Å². The number of urea groups is 1. The summed E-state index contributed by atoms with van der Waals surface area (Å²) in [6, 6.07) is 7.84. The number of halogens is 3. The highest BCUT2D eigenvalue weighted by molar-refractivity contribution is 5.90. The highest BCUT2D eigenvalue weighted by Crippen LogP contribution is 2.18. The molecule has 1 heterocycles. The van der Waals surface area contributed by atoms with Crippen LogP contribution in [0.25, 0.3) is 0 Å². The molecule has 27 heavy (non-hydrogen) atoms. The molecule has 1 aliphatic rings. The molecule has 2 aromatic carbocycles. The molecule has 1 fully saturated rings. The van der Waals surface area contributed by atoms with Gasteiger partial charge in [0.25, 0.3) is 0 Å². The molecule has 2 N–H and O–H groups in total. The molecule has 3 rings (SSSR count). The van der Waals surface area contributed by atoms with Gasteiger partial charge in [-0.15, -0.1) is 0 Å². The van der Waals surface area contributed by atoms with Gasteiger partial charge in [-0.3, -0.25) is 4.90 Å². The first-order chi connectivity index (χ1) is 12.9. The first kappa shape index (κ1) is 19.2. The van der Waals surface area contributed by atoms with E-state index in [1.54, 1.807) is 19.1 Å². The Balaban J connectivity index is 1.46. The van der Waals surface area contributed by atoms with Gasteiger partial charge in [-0.2, -0.15) is 0 Å². The van der Waals surface area contributed by atoms with Crippen LogP contribution in [0.5, 0.6) is 0 Å². The van der Waals surface area contributed by atoms with Gasteiger partial charge in [0, 0.05) is 31.4 Å². The summed E-state index contributed by atoms with van der Waals surface area (Å²) in [5, 5.41) is 5.59. The third-order valence-electron chi connectivity index (χ3n) is 4.76. The summed E-state index contributed by atoms with van der Waals surface area (Å²) < 4.78 is 39.6. The number of carbonyl (C=O) groups is 1. The van der Waals surface area contributed by atoms with Crippen LogP contribution in [-0.2, 0) is 6.54 Å². The molecule has 4 nitrogen and oxygen atoms in total. The lowest BCUT2D eigenvalue weighted by molar-refractivity contribution is 0.189. The number of hydrogen-bond donors (Lipinski definition) is 2. The number of nitrogens with one attached hydrogen (secondary N) is 2. The second-order valence-electron chi connectivity index (χ2n) is 6.86. The van der Waals surface area contributed by atoms with E-state index < -0.39 is 17.5 Å². The van der Waals surface area contributed by atoms with Crippen molar-refractivity contribution in [1.82, 2.24) is 10.2 Å². The molecule has 7 heteroatoms. The van der Waals surface area contributed by atoms with E-state index in [1.165, 1.54) is 18.2 Å². The summed E-state index contributed by atoms with van der Waals surface area (Å²) in [7, 11) is 0. The van der Waals surface area contributed by atoms with Gasteiger partial charge in [-0.05, 0) is 55.2 Å². The highest BCUT2D eigenvalue weighted by atomic mass is 19.2. The Bertz CT molecular complexity index is 820. The summed E-state index contributed by atoms with van der Waals surface area (Å²) in [4.78, 5) is 14.3. The molecule has 1 saturated heterocycles. The number of likely N-dealkylation sites (tertiary alicyclic amines) is 1. The van der Waals surface area contributed by atoms with Gasteiger partial charge in [0.1, 0.15) is 5.82 Å². The third-order valence-corrected chi connectivity index (χ3v) is 4.76. The summed E-state index contributed by atoms with van der Waals surface area (Å²) in [6.07, 6.45) is 1.50. The molecule has 144 valence electrons. The second kappa shape index (κ2) is 8.43. The van der Waals surface area contributed by atoms with Crippen LogP contribution < -0.4 is 10.6 Å². The fourth-order valence-corrected chi connectivity index (χ4v) is 3.20. The zero-order valence-electron chi connectivity index (χ0n) is 15.1. The van der Waals surface area contributed by atoms with E-state index in [1.807, 2.05) is 0 Å². The highest BCUT2D eigenvalue weighted by Gasteiger charge is 2.21. The fraction of sp³-hybridized carbons (Fsp3) is 0.350. The summed E-state index contributed by atoms with van der Waals surface area (Å²) in [6.45, 7) is 3.82. The van der Waals surface area contributed by atoms with Crippen molar-refractivity contribution in [2.24, 2.45) is 0 Å². The van der Waals surface area contributed by atoms with Crippen LogP contribution in [0.4, 0.5) is 23.7 Å². The molecule has 0 unspecified atom stereocenters. The molecule has 0 aliphatic carbocycles. The smallest absolute Gasteiger partial charge is 0.319 e. The normalized spacial score (nSPS) is 15.6. The number of amides is 2. The number of hydrogen-bond acceptors (Lipinski definition) is 2. The van der Waals surface area contributed by atoms with E-state index in [2.05, 4.69) is 15.5 Å². The van der Waals surface area contributed by atoms with Gasteiger partial charge >= 0.3 is 6.03 Å². The minimum Gasteiger partial charge on any atom is -0.335 e. The van der Waals surface area contributed by atoms with E-state index >= 15 is 0 Å². The molecule has 2 aromatic rings. The van der Waals surface area contributed by atoms with Crippen molar-refractivity contribution in [2.75, 3.05) is 18.4 Å². The number of rotatable bonds is 4. The van der Waals surface area contributed by atoms with E-state index in [-0.39, 0.29) is 12.1 Å².